The molecule has 444 valence electrons. The van der Waals surface area contributed by atoms with Crippen molar-refractivity contribution in [3.8, 4) is 0 Å². The highest BCUT2D eigenvalue weighted by Gasteiger charge is 2.48. The van der Waals surface area contributed by atoms with E-state index in [4.69, 9.17) is 4.74 Å². The van der Waals surface area contributed by atoms with Crippen molar-refractivity contribution in [1.82, 2.24) is 40.4 Å². The van der Waals surface area contributed by atoms with Gasteiger partial charge >= 0.3 is 5.97 Å². The van der Waals surface area contributed by atoms with Gasteiger partial charge in [-0.1, -0.05) is 136 Å². The van der Waals surface area contributed by atoms with E-state index in [1.807, 2.05) is 90.1 Å². The number of aliphatic hydroxyl groups is 1. The molecule has 80 heavy (non-hydrogen) atoms. The van der Waals surface area contributed by atoms with Crippen LogP contribution in [0.3, 0.4) is 0 Å². The Morgan fingerprint density at radius 3 is 1.60 bits per heavy atom. The first-order chi connectivity index (χ1) is 37.5. The van der Waals surface area contributed by atoms with Crippen molar-refractivity contribution in [2.75, 3.05) is 34.7 Å². The molecule has 11 atom stereocenters. The maximum Gasteiger partial charge on any atom is 0.332 e. The Morgan fingerprint density at radius 1 is 0.575 bits per heavy atom. The quantitative estimate of drug-likeness (QED) is 0.188. The molecule has 2 aliphatic heterocycles. The molecule has 2 fully saturated rings. The number of carbonyl (C=O) groups excluding carboxylic acids is 9. The molecule has 4 N–H and O–H groups in total. The maximum atomic E-state index is 15.3. The van der Waals surface area contributed by atoms with Crippen LogP contribution in [-0.4, -0.2) is 178 Å². The molecule has 2 saturated heterocycles. The fourth-order valence-electron chi connectivity index (χ4n) is 11.0. The average Bonchev–Trinajstić information content (AvgIpc) is 3.90. The second kappa shape index (κ2) is 29.4. The van der Waals surface area contributed by atoms with Gasteiger partial charge in [-0.05, 0) is 80.8 Å². The molecule has 19 nitrogen and oxygen atoms in total. The molecule has 8 amide bonds. The molecule has 0 unspecified atom stereocenters. The van der Waals surface area contributed by atoms with Gasteiger partial charge in [-0.2, -0.15) is 0 Å². The van der Waals surface area contributed by atoms with Gasteiger partial charge in [-0.25, -0.2) is 4.79 Å². The van der Waals surface area contributed by atoms with Crippen LogP contribution in [0, 0.1) is 29.6 Å². The molecule has 2 aromatic carbocycles. The number of nitrogens with one attached hydrogen (secondary N) is 3. The normalized spacial score (nSPS) is 26.3. The minimum absolute atomic E-state index is 0.00640. The van der Waals surface area contributed by atoms with E-state index in [9.17, 15) is 38.7 Å². The largest absolute Gasteiger partial charge is 0.450 e. The van der Waals surface area contributed by atoms with Crippen LogP contribution in [0.2, 0.25) is 0 Å². The van der Waals surface area contributed by atoms with Gasteiger partial charge in [0.05, 0.1) is 5.60 Å². The highest BCUT2D eigenvalue weighted by Crippen LogP contribution is 2.27. The van der Waals surface area contributed by atoms with Gasteiger partial charge < -0.3 is 50.3 Å². The first-order valence-corrected chi connectivity index (χ1v) is 28.8. The predicted octanol–water partition coefficient (Wildman–Crippen LogP) is 4.76. The van der Waals surface area contributed by atoms with Crippen LogP contribution in [0.5, 0.6) is 0 Å². The van der Waals surface area contributed by atoms with Crippen LogP contribution < -0.4 is 16.0 Å². The van der Waals surface area contributed by atoms with E-state index in [0.717, 1.165) is 10.5 Å². The van der Waals surface area contributed by atoms with Crippen molar-refractivity contribution in [3.63, 3.8) is 0 Å². The maximum absolute atomic E-state index is 15.3. The summed E-state index contributed by atoms with van der Waals surface area (Å²) in [6, 6.07) is 8.15. The van der Waals surface area contributed by atoms with E-state index >= 15 is 9.59 Å². The van der Waals surface area contributed by atoms with Crippen molar-refractivity contribution in [3.05, 3.63) is 71.8 Å². The molecule has 4 rings (SSSR count). The smallest absolute Gasteiger partial charge is 0.332 e. The van der Waals surface area contributed by atoms with Gasteiger partial charge in [0.15, 0.2) is 12.1 Å². The molecular formula is C61H94N8O11. The number of benzene rings is 2. The molecule has 0 saturated carbocycles. The van der Waals surface area contributed by atoms with Crippen LogP contribution in [0.1, 0.15) is 133 Å². The van der Waals surface area contributed by atoms with Gasteiger partial charge in [-0.15, -0.1) is 0 Å². The molecule has 0 aliphatic carbocycles. The molecule has 0 bridgehead atoms. The van der Waals surface area contributed by atoms with Crippen molar-refractivity contribution in [2.24, 2.45) is 29.6 Å². The number of ether oxygens (including phenoxy) is 1. The van der Waals surface area contributed by atoms with Crippen LogP contribution in [0.25, 0.3) is 0 Å². The molecule has 2 aliphatic rings. The molecular weight excluding hydrogens is 1020 g/mol. The number of hydrogen-bond donors (Lipinski definition) is 4. The Kier molecular flexibility index (Phi) is 24.3. The zero-order chi connectivity index (χ0) is 60.1. The summed E-state index contributed by atoms with van der Waals surface area (Å²) in [4.78, 5) is 141. The number of likely N-dealkylation sites (N-methyl/N-ethyl adjacent to an activating group) is 4. The number of nitrogens with zero attached hydrogens (tertiary/aromatic N) is 5. The highest BCUT2D eigenvalue weighted by molar-refractivity contribution is 5.99. The Labute approximate surface area is 475 Å². The average molecular weight is 1120 g/mol. The van der Waals surface area contributed by atoms with Gasteiger partial charge in [0.1, 0.15) is 42.3 Å². The number of carbonyl (C=O) groups is 9. The summed E-state index contributed by atoms with van der Waals surface area (Å²) in [5, 5.41) is 20.5. The Balaban J connectivity index is 1.98. The van der Waals surface area contributed by atoms with E-state index in [1.54, 1.807) is 39.8 Å². The van der Waals surface area contributed by atoms with E-state index in [2.05, 4.69) is 16.0 Å². The summed E-state index contributed by atoms with van der Waals surface area (Å²) in [5.74, 6) is -8.22. The topological polar surface area (TPSA) is 235 Å². The molecule has 19 heteroatoms. The lowest BCUT2D eigenvalue weighted by Crippen LogP contribution is -2.62. The lowest BCUT2D eigenvalue weighted by molar-refractivity contribution is -0.177. The van der Waals surface area contributed by atoms with Crippen LogP contribution >= 0.6 is 0 Å². The summed E-state index contributed by atoms with van der Waals surface area (Å²) in [6.07, 6.45) is 0.274. The van der Waals surface area contributed by atoms with Crippen LogP contribution in [0.15, 0.2) is 60.7 Å². The first kappa shape index (κ1) is 66.1. The Bertz CT molecular complexity index is 2450. The fourth-order valence-corrected chi connectivity index (χ4v) is 11.0. The summed E-state index contributed by atoms with van der Waals surface area (Å²) in [7, 11) is 5.70. The fraction of sp³-hybridized carbons (Fsp3) is 0.656. The van der Waals surface area contributed by atoms with Crippen molar-refractivity contribution in [1.29, 1.82) is 0 Å². The number of esters is 1. The van der Waals surface area contributed by atoms with E-state index in [0.29, 0.717) is 24.8 Å². The molecule has 0 aromatic heterocycles. The molecule has 2 aromatic rings. The summed E-state index contributed by atoms with van der Waals surface area (Å²) in [6.45, 7) is 21.0. The standard InChI is InChI=1S/C61H94N8O11/c1-17-39(9)48-58(76)65(13)46(33-37(5)6)53(71)62-43(32-36(3)4)56(74)68(16)51(61(11,12)79)60(78)80-50(40(10)18-2)59(77)67(15)49(38(7)8)54(72)63-44(34-41-26-21-19-22-27-41)55(73)66(14)47(35-42-28-23-20-24-29-42)57(75)69-31-25-30-45(69)52(70)64-48/h19-24,26-29,36-40,43-51,79H,17-18,25,30-35H2,1-16H3,(H,62,71)(H,63,72)(H,64,70)/t39-,40+,43+,44+,45+,46+,47+,48+,49+,50-,51-/m1/s1. The molecule has 0 spiro atoms. The Hall–Kier alpha value is -6.37. The third-order valence-electron chi connectivity index (χ3n) is 16.0. The third kappa shape index (κ3) is 16.8. The highest BCUT2D eigenvalue weighted by atomic mass is 16.6. The summed E-state index contributed by atoms with van der Waals surface area (Å²) < 4.78 is 6.11. The number of rotatable bonds is 14. The lowest BCUT2D eigenvalue weighted by Gasteiger charge is -2.39. The van der Waals surface area contributed by atoms with E-state index in [-0.39, 0.29) is 50.5 Å². The van der Waals surface area contributed by atoms with Crippen LogP contribution in [-0.2, 0) is 60.7 Å². The Morgan fingerprint density at radius 2 is 1.09 bits per heavy atom. The zero-order valence-corrected chi connectivity index (χ0v) is 50.5. The SMILES string of the molecule is CC[C@@H](C)[C@@H]1NC(=O)[C@@H]2CCCN2C(=O)[C@H](Cc2ccccc2)N(C)C(=O)[C@H](Cc2ccccc2)NC(=O)[C@H](C(C)C)N(C)C(=O)[C@@H]([C@@H](C)CC)OC(=O)[C@H](C(C)(C)O)N(C)C(=O)[C@H](CC(C)C)NC(=O)[C@H](CC(C)C)N(C)C1=O. The van der Waals surface area contributed by atoms with E-state index in [1.165, 1.54) is 61.6 Å². The van der Waals surface area contributed by atoms with Gasteiger partial charge in [0.25, 0.3) is 5.91 Å². The minimum atomic E-state index is -1.97. The first-order valence-electron chi connectivity index (χ1n) is 28.8. The van der Waals surface area contributed by atoms with Crippen molar-refractivity contribution in [2.45, 2.75) is 194 Å². The lowest BCUT2D eigenvalue weighted by atomic mass is 9.93. The number of fused-ring (bicyclic) bond motifs is 1. The number of cyclic esters (lactones) is 1. The summed E-state index contributed by atoms with van der Waals surface area (Å²) >= 11 is 0. The van der Waals surface area contributed by atoms with E-state index < -0.39 is 131 Å². The second-order valence-corrected chi connectivity index (χ2v) is 24.1. The predicted molar refractivity (Wildman–Crippen MR) is 306 cm³/mol. The number of amides is 8. The molecule has 0 radical (unpaired) electrons. The van der Waals surface area contributed by atoms with Gasteiger partial charge in [-0.3, -0.25) is 38.4 Å². The zero-order valence-electron chi connectivity index (χ0n) is 50.5. The molecule has 2 heterocycles. The monoisotopic (exact) mass is 1110 g/mol. The number of hydrogen-bond acceptors (Lipinski definition) is 11. The van der Waals surface area contributed by atoms with Gasteiger partial charge in [0, 0.05) is 53.5 Å². The van der Waals surface area contributed by atoms with Gasteiger partial charge in [0.2, 0.25) is 41.4 Å². The second-order valence-electron chi connectivity index (χ2n) is 24.1. The summed E-state index contributed by atoms with van der Waals surface area (Å²) in [5.41, 5.74) is -0.550. The van der Waals surface area contributed by atoms with Crippen molar-refractivity contribution < 1.29 is 53.0 Å². The van der Waals surface area contributed by atoms with Crippen molar-refractivity contribution >= 4 is 53.2 Å². The third-order valence-corrected chi connectivity index (χ3v) is 16.0. The van der Waals surface area contributed by atoms with Crippen LogP contribution in [0.4, 0.5) is 0 Å². The minimum Gasteiger partial charge on any atom is -0.450 e.